The van der Waals surface area contributed by atoms with E-state index < -0.39 is 0 Å². The molecule has 4 heterocycles. The lowest BCUT2D eigenvalue weighted by molar-refractivity contribution is 0.278. The van der Waals surface area contributed by atoms with Gasteiger partial charge in [0.15, 0.2) is 0 Å². The van der Waals surface area contributed by atoms with E-state index in [2.05, 4.69) is 156 Å². The van der Waals surface area contributed by atoms with Gasteiger partial charge >= 0.3 is 0 Å². The first-order chi connectivity index (χ1) is 24.3. The highest BCUT2D eigenvalue weighted by molar-refractivity contribution is 7.26. The van der Waals surface area contributed by atoms with Crippen molar-refractivity contribution in [3.05, 3.63) is 163 Å². The number of thiophene rings is 2. The number of nitrogens with zero attached hydrogens (tertiary/aromatic N) is 1. The minimum absolute atomic E-state index is 0.0506. The average molecular weight is 665 g/mol. The third-order valence-electron chi connectivity index (χ3n) is 10.2. The maximum Gasteiger partial charge on any atom is 0.143 e. The van der Waals surface area contributed by atoms with Gasteiger partial charge in [0.05, 0.1) is 0 Å². The molecule has 3 nitrogen and oxygen atoms in total. The topological polar surface area (TPSA) is 28.4 Å². The fourth-order valence-electron chi connectivity index (χ4n) is 7.91. The Morgan fingerprint density at radius 3 is 2.20 bits per heavy atom. The summed E-state index contributed by atoms with van der Waals surface area (Å²) in [5.41, 5.74) is 7.98. The molecule has 2 unspecified atom stereocenters. The van der Waals surface area contributed by atoms with Crippen LogP contribution in [0.2, 0.25) is 0 Å². The van der Waals surface area contributed by atoms with Crippen LogP contribution in [0.25, 0.3) is 73.4 Å². The Bertz CT molecular complexity index is 2900. The minimum atomic E-state index is 0.0506. The molecular formula is C44H28N2OS2. The molecule has 0 spiro atoms. The van der Waals surface area contributed by atoms with Gasteiger partial charge in [0.2, 0.25) is 0 Å². The van der Waals surface area contributed by atoms with Crippen molar-refractivity contribution < 1.29 is 4.42 Å². The molecule has 1 saturated heterocycles. The molecule has 0 bridgehead atoms. The van der Waals surface area contributed by atoms with E-state index in [4.69, 9.17) is 4.42 Å². The average Bonchev–Trinajstić information content (AvgIpc) is 3.82. The number of para-hydroxylation sites is 2. The summed E-state index contributed by atoms with van der Waals surface area (Å²) in [4.78, 5) is 2.56. The summed E-state index contributed by atoms with van der Waals surface area (Å²) >= 11 is 3.75. The van der Waals surface area contributed by atoms with E-state index in [9.17, 15) is 0 Å². The van der Waals surface area contributed by atoms with Crippen LogP contribution in [-0.4, -0.2) is 0 Å². The van der Waals surface area contributed by atoms with Crippen molar-refractivity contribution in [1.82, 2.24) is 5.32 Å². The summed E-state index contributed by atoms with van der Waals surface area (Å²) in [6.07, 6.45) is 0.128. The molecule has 0 aliphatic carbocycles. The van der Waals surface area contributed by atoms with Gasteiger partial charge in [-0.2, -0.15) is 0 Å². The number of furan rings is 1. The Morgan fingerprint density at radius 1 is 0.510 bits per heavy atom. The summed E-state index contributed by atoms with van der Waals surface area (Å²) in [6.45, 7) is 0. The monoisotopic (exact) mass is 664 g/mol. The fourth-order valence-corrected chi connectivity index (χ4v) is 10.2. The Morgan fingerprint density at radius 2 is 1.27 bits per heavy atom. The minimum Gasteiger partial charge on any atom is -0.455 e. The molecular weight excluding hydrogens is 637 g/mol. The van der Waals surface area contributed by atoms with Crippen molar-refractivity contribution >= 4 is 90.6 Å². The van der Waals surface area contributed by atoms with E-state index in [1.165, 1.54) is 62.7 Å². The van der Waals surface area contributed by atoms with Crippen molar-refractivity contribution in [2.24, 2.45) is 0 Å². The van der Waals surface area contributed by atoms with Gasteiger partial charge in [-0.05, 0) is 59.2 Å². The van der Waals surface area contributed by atoms with Crippen LogP contribution in [0, 0.1) is 0 Å². The first-order valence-corrected chi connectivity index (χ1v) is 18.3. The predicted octanol–water partition coefficient (Wildman–Crippen LogP) is 12.8. The van der Waals surface area contributed by atoms with E-state index in [0.717, 1.165) is 27.5 Å². The summed E-state index contributed by atoms with van der Waals surface area (Å²) in [6, 6.07) is 55.1. The maximum absolute atomic E-state index is 6.41. The predicted molar refractivity (Wildman–Crippen MR) is 209 cm³/mol. The number of hydrogen-bond acceptors (Lipinski definition) is 5. The van der Waals surface area contributed by atoms with Crippen LogP contribution in [0.5, 0.6) is 0 Å². The van der Waals surface area contributed by atoms with Crippen molar-refractivity contribution in [3.8, 4) is 11.1 Å². The Balaban J connectivity index is 1.04. The van der Waals surface area contributed by atoms with E-state index in [-0.39, 0.29) is 12.3 Å². The van der Waals surface area contributed by atoms with Gasteiger partial charge in [-0.25, -0.2) is 0 Å². The molecule has 7 aromatic carbocycles. The first-order valence-electron chi connectivity index (χ1n) is 16.6. The zero-order valence-corrected chi connectivity index (χ0v) is 27.9. The lowest BCUT2D eigenvalue weighted by Gasteiger charge is -2.52. The van der Waals surface area contributed by atoms with Gasteiger partial charge in [0.25, 0.3) is 0 Å². The van der Waals surface area contributed by atoms with Gasteiger partial charge in [-0.15, -0.1) is 22.7 Å². The van der Waals surface area contributed by atoms with Crippen LogP contribution in [0.3, 0.4) is 0 Å². The van der Waals surface area contributed by atoms with Crippen LogP contribution in [0.1, 0.15) is 23.5 Å². The molecule has 2 atom stereocenters. The zero-order chi connectivity index (χ0) is 32.1. The molecule has 10 aromatic rings. The van der Waals surface area contributed by atoms with Gasteiger partial charge in [0.1, 0.15) is 23.5 Å². The molecule has 1 N–H and O–H groups in total. The molecule has 3 aromatic heterocycles. The lowest BCUT2D eigenvalue weighted by atomic mass is 9.96. The number of rotatable bonds is 4. The molecule has 0 amide bonds. The molecule has 1 fully saturated rings. The smallest absolute Gasteiger partial charge is 0.143 e. The van der Waals surface area contributed by atoms with Gasteiger partial charge in [-0.3, -0.25) is 5.32 Å². The summed E-state index contributed by atoms with van der Waals surface area (Å²) in [5.74, 6) is 0. The number of hydrogen-bond donors (Lipinski definition) is 1. The normalized spacial score (nSPS) is 16.4. The SMILES string of the molecule is c1ccc(C2NC(c3cccc4sc5ccccc5c34)N2c2ccc3c(c2)sc2ccc(-c4cccc5c4oc4ccccc45)cc23)cc1. The number of anilines is 1. The van der Waals surface area contributed by atoms with Crippen LogP contribution in [0.15, 0.2) is 156 Å². The second kappa shape index (κ2) is 10.5. The second-order valence-corrected chi connectivity index (χ2v) is 15.0. The van der Waals surface area contributed by atoms with Crippen LogP contribution >= 0.6 is 22.7 Å². The number of fused-ring (bicyclic) bond motifs is 9. The standard InChI is InChI=1S/C44H28N2OS2/c1-2-10-26(11-3-1)43-45-44(34-16-9-19-39-41(34)33-13-5-7-18-37(33)48-39)46(43)28-21-22-31-35-24-27(20-23-38(35)49-40(31)25-28)29-14-8-15-32-30-12-4-6-17-36(30)47-42(29)32/h1-25,43-45H. The number of nitrogens with one attached hydrogen (secondary N) is 1. The van der Waals surface area contributed by atoms with Crippen molar-refractivity contribution in [2.75, 3.05) is 4.90 Å². The fraction of sp³-hybridized carbons (Fsp3) is 0.0455. The van der Waals surface area contributed by atoms with Gasteiger partial charge in [-0.1, -0.05) is 109 Å². The highest BCUT2D eigenvalue weighted by atomic mass is 32.1. The van der Waals surface area contributed by atoms with Crippen LogP contribution in [-0.2, 0) is 0 Å². The molecule has 5 heteroatoms. The van der Waals surface area contributed by atoms with E-state index >= 15 is 0 Å². The molecule has 0 saturated carbocycles. The van der Waals surface area contributed by atoms with Gasteiger partial charge < -0.3 is 9.32 Å². The molecule has 232 valence electrons. The molecule has 0 radical (unpaired) electrons. The Hall–Kier alpha value is -5.46. The summed E-state index contributed by atoms with van der Waals surface area (Å²) in [7, 11) is 0. The largest absolute Gasteiger partial charge is 0.455 e. The molecule has 11 rings (SSSR count). The summed E-state index contributed by atoms with van der Waals surface area (Å²) in [5, 5.41) is 11.5. The van der Waals surface area contributed by atoms with Crippen LogP contribution in [0.4, 0.5) is 5.69 Å². The molecule has 1 aliphatic rings. The molecule has 1 aliphatic heterocycles. The van der Waals surface area contributed by atoms with E-state index in [0.29, 0.717) is 0 Å². The number of benzene rings is 7. The quantitative estimate of drug-likeness (QED) is 0.203. The van der Waals surface area contributed by atoms with Crippen molar-refractivity contribution in [1.29, 1.82) is 0 Å². The van der Waals surface area contributed by atoms with Gasteiger partial charge in [0, 0.05) is 62.4 Å². The lowest BCUT2D eigenvalue weighted by Crippen LogP contribution is -2.57. The zero-order valence-electron chi connectivity index (χ0n) is 26.3. The highest BCUT2D eigenvalue weighted by Gasteiger charge is 2.40. The highest BCUT2D eigenvalue weighted by Crippen LogP contribution is 2.48. The maximum atomic E-state index is 6.41. The van der Waals surface area contributed by atoms with Crippen LogP contribution < -0.4 is 10.2 Å². The van der Waals surface area contributed by atoms with Crippen molar-refractivity contribution in [2.45, 2.75) is 12.3 Å². The molecule has 49 heavy (non-hydrogen) atoms. The Kier molecular flexibility index (Phi) is 5.90. The Labute approximate surface area is 290 Å². The summed E-state index contributed by atoms with van der Waals surface area (Å²) < 4.78 is 11.7. The van der Waals surface area contributed by atoms with Crippen molar-refractivity contribution in [3.63, 3.8) is 0 Å². The second-order valence-electron chi connectivity index (χ2n) is 12.9. The third kappa shape index (κ3) is 4.10. The van der Waals surface area contributed by atoms with E-state index in [1.807, 2.05) is 28.7 Å². The first kappa shape index (κ1) is 27.5. The third-order valence-corrected chi connectivity index (χ3v) is 12.5. The van der Waals surface area contributed by atoms with E-state index in [1.54, 1.807) is 0 Å².